The summed E-state index contributed by atoms with van der Waals surface area (Å²) in [6.07, 6.45) is 2.60. The lowest BCUT2D eigenvalue weighted by Gasteiger charge is -2.38. The minimum Gasteiger partial charge on any atom is -0.373 e. The first-order valence-corrected chi connectivity index (χ1v) is 5.46. The Hall–Kier alpha value is -0.570. The first-order valence-electron chi connectivity index (χ1n) is 5.46. The van der Waals surface area contributed by atoms with Gasteiger partial charge < -0.3 is 10.1 Å². The number of hydrogen-bond donors (Lipinski definition) is 1. The predicted octanol–water partition coefficient (Wildman–Crippen LogP) is 1.71. The molecule has 0 spiro atoms. The second kappa shape index (κ2) is 4.78. The van der Waals surface area contributed by atoms with Crippen molar-refractivity contribution in [2.24, 2.45) is 5.92 Å². The summed E-state index contributed by atoms with van der Waals surface area (Å²) in [6.45, 7) is 7.87. The molecule has 0 heterocycles. The zero-order chi connectivity index (χ0) is 10.7. The Kier molecular flexibility index (Phi) is 3.93. The average molecular weight is 199 g/mol. The summed E-state index contributed by atoms with van der Waals surface area (Å²) in [5.41, 5.74) is 0. The first kappa shape index (κ1) is 11.5. The van der Waals surface area contributed by atoms with E-state index in [1.54, 1.807) is 0 Å². The van der Waals surface area contributed by atoms with Gasteiger partial charge in [-0.05, 0) is 26.7 Å². The van der Waals surface area contributed by atoms with Crippen molar-refractivity contribution in [1.29, 1.82) is 0 Å². The molecule has 0 aromatic rings. The number of carbonyl (C=O) groups is 1. The third kappa shape index (κ3) is 2.98. The van der Waals surface area contributed by atoms with Crippen molar-refractivity contribution in [3.8, 4) is 0 Å². The molecule has 2 atom stereocenters. The lowest BCUT2D eigenvalue weighted by molar-refractivity contribution is -0.129. The normalized spacial score (nSPS) is 26.4. The standard InChI is InChI=1S/C11H21NO2/c1-7(2)11(13)12-9-5-6-10(9)14-8(3)4/h7-10H,5-6H2,1-4H3,(H,12,13). The van der Waals surface area contributed by atoms with Crippen molar-refractivity contribution in [3.05, 3.63) is 0 Å². The van der Waals surface area contributed by atoms with E-state index in [2.05, 4.69) is 5.32 Å². The minimum atomic E-state index is 0.0651. The number of rotatable bonds is 4. The molecular formula is C11H21NO2. The van der Waals surface area contributed by atoms with Gasteiger partial charge in [0.1, 0.15) is 0 Å². The molecule has 1 aliphatic carbocycles. The van der Waals surface area contributed by atoms with E-state index in [-0.39, 0.29) is 30.1 Å². The molecule has 3 heteroatoms. The van der Waals surface area contributed by atoms with E-state index in [0.29, 0.717) is 0 Å². The molecule has 1 fully saturated rings. The Balaban J connectivity index is 2.29. The van der Waals surface area contributed by atoms with E-state index in [1.165, 1.54) is 0 Å². The fourth-order valence-corrected chi connectivity index (χ4v) is 1.50. The van der Waals surface area contributed by atoms with Crippen LogP contribution in [0.2, 0.25) is 0 Å². The van der Waals surface area contributed by atoms with Crippen LogP contribution in [0.25, 0.3) is 0 Å². The predicted molar refractivity (Wildman–Crippen MR) is 56.0 cm³/mol. The van der Waals surface area contributed by atoms with Crippen LogP contribution in [-0.4, -0.2) is 24.2 Å². The van der Waals surface area contributed by atoms with Crippen LogP contribution in [0, 0.1) is 5.92 Å². The summed E-state index contributed by atoms with van der Waals surface area (Å²) in [6, 6.07) is 0.243. The summed E-state index contributed by atoms with van der Waals surface area (Å²) < 4.78 is 5.66. The van der Waals surface area contributed by atoms with Gasteiger partial charge >= 0.3 is 0 Å². The summed E-state index contributed by atoms with van der Waals surface area (Å²) in [5, 5.41) is 3.01. The fourth-order valence-electron chi connectivity index (χ4n) is 1.50. The van der Waals surface area contributed by atoms with E-state index in [0.717, 1.165) is 12.8 Å². The van der Waals surface area contributed by atoms with Crippen molar-refractivity contribution in [2.75, 3.05) is 0 Å². The Morgan fingerprint density at radius 3 is 2.29 bits per heavy atom. The maximum absolute atomic E-state index is 11.4. The lowest BCUT2D eigenvalue weighted by atomic mass is 9.88. The number of ether oxygens (including phenoxy) is 1. The molecule has 1 rings (SSSR count). The molecule has 0 aromatic carbocycles. The molecule has 1 N–H and O–H groups in total. The third-order valence-corrected chi connectivity index (χ3v) is 2.51. The Morgan fingerprint density at radius 1 is 1.29 bits per heavy atom. The van der Waals surface area contributed by atoms with Crippen molar-refractivity contribution in [1.82, 2.24) is 5.32 Å². The molecule has 82 valence electrons. The van der Waals surface area contributed by atoms with Gasteiger partial charge in [-0.2, -0.15) is 0 Å². The molecule has 0 aromatic heterocycles. The summed E-state index contributed by atoms with van der Waals surface area (Å²) >= 11 is 0. The van der Waals surface area contributed by atoms with E-state index in [4.69, 9.17) is 4.74 Å². The number of nitrogens with one attached hydrogen (secondary N) is 1. The van der Waals surface area contributed by atoms with Gasteiger partial charge in [0.05, 0.1) is 18.2 Å². The quantitative estimate of drug-likeness (QED) is 0.748. The molecule has 1 amide bonds. The van der Waals surface area contributed by atoms with E-state index in [9.17, 15) is 4.79 Å². The van der Waals surface area contributed by atoms with Gasteiger partial charge in [0, 0.05) is 5.92 Å². The maximum Gasteiger partial charge on any atom is 0.222 e. The molecule has 2 unspecified atom stereocenters. The molecule has 0 saturated heterocycles. The summed E-state index contributed by atoms with van der Waals surface area (Å²) in [7, 11) is 0. The molecule has 1 aliphatic rings. The van der Waals surface area contributed by atoms with Crippen molar-refractivity contribution >= 4 is 5.91 Å². The minimum absolute atomic E-state index is 0.0651. The Labute approximate surface area is 86.2 Å². The van der Waals surface area contributed by atoms with Crippen LogP contribution in [0.15, 0.2) is 0 Å². The molecule has 0 bridgehead atoms. The number of hydrogen-bond acceptors (Lipinski definition) is 2. The molecule has 3 nitrogen and oxygen atoms in total. The Bertz CT molecular complexity index is 201. The largest absolute Gasteiger partial charge is 0.373 e. The van der Waals surface area contributed by atoms with Crippen LogP contribution >= 0.6 is 0 Å². The smallest absolute Gasteiger partial charge is 0.222 e. The maximum atomic E-state index is 11.4. The van der Waals surface area contributed by atoms with Crippen LogP contribution in [-0.2, 0) is 9.53 Å². The number of carbonyl (C=O) groups excluding carboxylic acids is 1. The molecule has 0 radical (unpaired) electrons. The van der Waals surface area contributed by atoms with Crippen LogP contribution in [0.4, 0.5) is 0 Å². The highest BCUT2D eigenvalue weighted by Crippen LogP contribution is 2.24. The highest BCUT2D eigenvalue weighted by molar-refractivity contribution is 5.78. The van der Waals surface area contributed by atoms with Crippen LogP contribution in [0.1, 0.15) is 40.5 Å². The van der Waals surface area contributed by atoms with Gasteiger partial charge in [0.15, 0.2) is 0 Å². The van der Waals surface area contributed by atoms with Crippen LogP contribution in [0.3, 0.4) is 0 Å². The zero-order valence-corrected chi connectivity index (χ0v) is 9.54. The van der Waals surface area contributed by atoms with Gasteiger partial charge in [-0.25, -0.2) is 0 Å². The molecule has 0 aliphatic heterocycles. The number of amides is 1. The van der Waals surface area contributed by atoms with Crippen molar-refractivity contribution < 1.29 is 9.53 Å². The molecule has 1 saturated carbocycles. The van der Waals surface area contributed by atoms with Gasteiger partial charge in [-0.15, -0.1) is 0 Å². The fraction of sp³-hybridized carbons (Fsp3) is 0.909. The van der Waals surface area contributed by atoms with E-state index in [1.807, 2.05) is 27.7 Å². The Morgan fingerprint density at radius 2 is 1.93 bits per heavy atom. The average Bonchev–Trinajstić information content (AvgIpc) is 2.07. The molecule has 14 heavy (non-hydrogen) atoms. The van der Waals surface area contributed by atoms with Gasteiger partial charge in [0.2, 0.25) is 5.91 Å². The van der Waals surface area contributed by atoms with Gasteiger partial charge in [-0.3, -0.25) is 4.79 Å². The zero-order valence-electron chi connectivity index (χ0n) is 9.54. The highest BCUT2D eigenvalue weighted by Gasteiger charge is 2.33. The van der Waals surface area contributed by atoms with Crippen LogP contribution < -0.4 is 5.32 Å². The topological polar surface area (TPSA) is 38.3 Å². The van der Waals surface area contributed by atoms with E-state index >= 15 is 0 Å². The first-order chi connectivity index (χ1) is 6.50. The lowest BCUT2D eigenvalue weighted by Crippen LogP contribution is -2.53. The third-order valence-electron chi connectivity index (χ3n) is 2.51. The van der Waals surface area contributed by atoms with Crippen molar-refractivity contribution in [3.63, 3.8) is 0 Å². The van der Waals surface area contributed by atoms with Gasteiger partial charge in [0.25, 0.3) is 0 Å². The highest BCUT2D eigenvalue weighted by atomic mass is 16.5. The molecular weight excluding hydrogens is 178 g/mol. The van der Waals surface area contributed by atoms with E-state index < -0.39 is 0 Å². The van der Waals surface area contributed by atoms with Gasteiger partial charge in [-0.1, -0.05) is 13.8 Å². The summed E-state index contributed by atoms with van der Waals surface area (Å²) in [4.78, 5) is 11.4. The monoisotopic (exact) mass is 199 g/mol. The summed E-state index contributed by atoms with van der Waals surface area (Å²) in [5.74, 6) is 0.197. The van der Waals surface area contributed by atoms with Crippen LogP contribution in [0.5, 0.6) is 0 Å². The SMILES string of the molecule is CC(C)OC1CCC1NC(=O)C(C)C. The second-order valence-electron chi connectivity index (χ2n) is 4.57. The van der Waals surface area contributed by atoms with Crippen molar-refractivity contribution in [2.45, 2.75) is 58.8 Å². The second-order valence-corrected chi connectivity index (χ2v) is 4.57.